The quantitative estimate of drug-likeness (QED) is 0.513. The SMILES string of the molecule is CCCCCCNC(C)C(C)CBr. The maximum atomic E-state index is 3.56. The molecule has 0 aliphatic heterocycles. The number of rotatable bonds is 8. The Morgan fingerprint density at radius 2 is 1.85 bits per heavy atom. The van der Waals surface area contributed by atoms with Gasteiger partial charge in [-0.05, 0) is 25.8 Å². The van der Waals surface area contributed by atoms with Gasteiger partial charge >= 0.3 is 0 Å². The van der Waals surface area contributed by atoms with Crippen LogP contribution in [0.15, 0.2) is 0 Å². The van der Waals surface area contributed by atoms with E-state index in [1.807, 2.05) is 0 Å². The Kier molecular flexibility index (Phi) is 9.32. The first-order chi connectivity index (χ1) is 6.22. The molecule has 0 aromatic carbocycles. The highest BCUT2D eigenvalue weighted by Gasteiger charge is 2.08. The van der Waals surface area contributed by atoms with Gasteiger partial charge in [0.1, 0.15) is 0 Å². The molecule has 0 heterocycles. The Labute approximate surface area is 91.8 Å². The van der Waals surface area contributed by atoms with Crippen LogP contribution in [-0.4, -0.2) is 17.9 Å². The van der Waals surface area contributed by atoms with Gasteiger partial charge in [-0.1, -0.05) is 49.0 Å². The summed E-state index contributed by atoms with van der Waals surface area (Å²) in [6.45, 7) is 7.98. The van der Waals surface area contributed by atoms with E-state index in [0.717, 1.165) is 11.2 Å². The fourth-order valence-electron chi connectivity index (χ4n) is 1.22. The highest BCUT2D eigenvalue weighted by Crippen LogP contribution is 2.06. The lowest BCUT2D eigenvalue weighted by molar-refractivity contribution is 0.426. The van der Waals surface area contributed by atoms with Crippen molar-refractivity contribution in [3.8, 4) is 0 Å². The molecule has 0 fully saturated rings. The van der Waals surface area contributed by atoms with E-state index in [0.29, 0.717) is 6.04 Å². The fraction of sp³-hybridized carbons (Fsp3) is 1.00. The van der Waals surface area contributed by atoms with Crippen molar-refractivity contribution < 1.29 is 0 Å². The summed E-state index contributed by atoms with van der Waals surface area (Å²) in [6, 6.07) is 0.640. The Morgan fingerprint density at radius 3 is 2.38 bits per heavy atom. The fourth-order valence-corrected chi connectivity index (χ4v) is 1.78. The van der Waals surface area contributed by atoms with Crippen molar-refractivity contribution in [2.24, 2.45) is 5.92 Å². The summed E-state index contributed by atoms with van der Waals surface area (Å²) in [7, 11) is 0. The summed E-state index contributed by atoms with van der Waals surface area (Å²) in [6.07, 6.45) is 5.41. The number of halogens is 1. The van der Waals surface area contributed by atoms with Crippen LogP contribution < -0.4 is 5.32 Å². The Balaban J connectivity index is 3.21. The van der Waals surface area contributed by atoms with Crippen LogP contribution >= 0.6 is 15.9 Å². The van der Waals surface area contributed by atoms with E-state index in [9.17, 15) is 0 Å². The maximum Gasteiger partial charge on any atom is 0.00723 e. The third-order valence-corrected chi connectivity index (χ3v) is 3.61. The first-order valence-electron chi connectivity index (χ1n) is 5.51. The minimum absolute atomic E-state index is 0.640. The molecule has 0 bridgehead atoms. The van der Waals surface area contributed by atoms with Crippen LogP contribution in [0.2, 0.25) is 0 Å². The van der Waals surface area contributed by atoms with Crippen LogP contribution in [-0.2, 0) is 0 Å². The summed E-state index contributed by atoms with van der Waals surface area (Å²) < 4.78 is 0. The first kappa shape index (κ1) is 13.4. The predicted molar refractivity (Wildman–Crippen MR) is 64.6 cm³/mol. The Bertz CT molecular complexity index is 106. The molecule has 1 nitrogen and oxygen atoms in total. The number of unbranched alkanes of at least 4 members (excludes halogenated alkanes) is 3. The summed E-state index contributed by atoms with van der Waals surface area (Å²) in [5, 5.41) is 4.66. The monoisotopic (exact) mass is 249 g/mol. The minimum Gasteiger partial charge on any atom is -0.314 e. The number of nitrogens with one attached hydrogen (secondary N) is 1. The van der Waals surface area contributed by atoms with Gasteiger partial charge in [-0.2, -0.15) is 0 Å². The minimum atomic E-state index is 0.640. The van der Waals surface area contributed by atoms with Crippen molar-refractivity contribution in [3.05, 3.63) is 0 Å². The lowest BCUT2D eigenvalue weighted by atomic mass is 10.1. The lowest BCUT2D eigenvalue weighted by Crippen LogP contribution is -2.33. The number of hydrogen-bond acceptors (Lipinski definition) is 1. The second kappa shape index (κ2) is 9.01. The number of alkyl halides is 1. The molecule has 2 unspecified atom stereocenters. The highest BCUT2D eigenvalue weighted by molar-refractivity contribution is 9.09. The summed E-state index contributed by atoms with van der Waals surface area (Å²) in [5.41, 5.74) is 0. The highest BCUT2D eigenvalue weighted by atomic mass is 79.9. The maximum absolute atomic E-state index is 3.56. The van der Waals surface area contributed by atoms with Gasteiger partial charge in [-0.25, -0.2) is 0 Å². The first-order valence-corrected chi connectivity index (χ1v) is 6.63. The zero-order valence-electron chi connectivity index (χ0n) is 9.28. The molecule has 0 rings (SSSR count). The van der Waals surface area contributed by atoms with Crippen molar-refractivity contribution in [1.82, 2.24) is 5.32 Å². The van der Waals surface area contributed by atoms with E-state index in [-0.39, 0.29) is 0 Å². The smallest absolute Gasteiger partial charge is 0.00723 e. The average Bonchev–Trinajstić information content (AvgIpc) is 2.16. The van der Waals surface area contributed by atoms with E-state index < -0.39 is 0 Å². The summed E-state index contributed by atoms with van der Waals surface area (Å²) >= 11 is 3.51. The Morgan fingerprint density at radius 1 is 1.15 bits per heavy atom. The van der Waals surface area contributed by atoms with Crippen molar-refractivity contribution in [2.45, 2.75) is 52.5 Å². The molecule has 2 atom stereocenters. The molecule has 0 saturated carbocycles. The standard InChI is InChI=1S/C11H24BrN/c1-4-5-6-7-8-13-11(3)10(2)9-12/h10-11,13H,4-9H2,1-3H3. The van der Waals surface area contributed by atoms with Gasteiger partial charge in [0.25, 0.3) is 0 Å². The van der Waals surface area contributed by atoms with E-state index in [2.05, 4.69) is 42.0 Å². The third kappa shape index (κ3) is 7.51. The molecule has 0 saturated heterocycles. The van der Waals surface area contributed by atoms with Gasteiger partial charge in [-0.15, -0.1) is 0 Å². The van der Waals surface area contributed by atoms with E-state index in [4.69, 9.17) is 0 Å². The third-order valence-electron chi connectivity index (χ3n) is 2.59. The van der Waals surface area contributed by atoms with Gasteiger partial charge in [0.05, 0.1) is 0 Å². The van der Waals surface area contributed by atoms with Crippen LogP contribution in [0.25, 0.3) is 0 Å². The molecule has 0 aliphatic rings. The second-order valence-corrected chi connectivity index (χ2v) is 4.58. The zero-order valence-corrected chi connectivity index (χ0v) is 10.9. The molecule has 2 heteroatoms. The average molecular weight is 250 g/mol. The molecule has 0 amide bonds. The zero-order chi connectivity index (χ0) is 10.1. The van der Waals surface area contributed by atoms with Gasteiger partial charge in [-0.3, -0.25) is 0 Å². The van der Waals surface area contributed by atoms with Crippen LogP contribution in [0, 0.1) is 5.92 Å². The summed E-state index contributed by atoms with van der Waals surface area (Å²) in [5.74, 6) is 0.728. The van der Waals surface area contributed by atoms with Gasteiger partial charge in [0.15, 0.2) is 0 Å². The van der Waals surface area contributed by atoms with Gasteiger partial charge in [0.2, 0.25) is 0 Å². The van der Waals surface area contributed by atoms with E-state index in [1.165, 1.54) is 32.2 Å². The Hall–Kier alpha value is 0.440. The normalized spacial score (nSPS) is 15.7. The molecule has 13 heavy (non-hydrogen) atoms. The second-order valence-electron chi connectivity index (χ2n) is 3.94. The van der Waals surface area contributed by atoms with Crippen molar-refractivity contribution in [3.63, 3.8) is 0 Å². The summed E-state index contributed by atoms with van der Waals surface area (Å²) in [4.78, 5) is 0. The molecule has 1 N–H and O–H groups in total. The molecule has 0 aromatic heterocycles. The molecular formula is C11H24BrN. The van der Waals surface area contributed by atoms with Gasteiger partial charge in [0, 0.05) is 11.4 Å². The van der Waals surface area contributed by atoms with Gasteiger partial charge < -0.3 is 5.32 Å². The van der Waals surface area contributed by atoms with Crippen molar-refractivity contribution in [2.75, 3.05) is 11.9 Å². The predicted octanol–water partition coefficient (Wildman–Crippen LogP) is 3.58. The molecule has 0 aromatic rings. The van der Waals surface area contributed by atoms with E-state index in [1.54, 1.807) is 0 Å². The van der Waals surface area contributed by atoms with Crippen molar-refractivity contribution >= 4 is 15.9 Å². The van der Waals surface area contributed by atoms with Crippen molar-refractivity contribution in [1.29, 1.82) is 0 Å². The van der Waals surface area contributed by atoms with Crippen LogP contribution in [0.3, 0.4) is 0 Å². The molecule has 0 spiro atoms. The molecule has 80 valence electrons. The largest absolute Gasteiger partial charge is 0.314 e. The molecule has 0 aliphatic carbocycles. The lowest BCUT2D eigenvalue weighted by Gasteiger charge is -2.19. The number of hydrogen-bond donors (Lipinski definition) is 1. The van der Waals surface area contributed by atoms with E-state index >= 15 is 0 Å². The molecular weight excluding hydrogens is 226 g/mol. The molecule has 0 radical (unpaired) electrons. The van der Waals surface area contributed by atoms with Crippen LogP contribution in [0.4, 0.5) is 0 Å². The topological polar surface area (TPSA) is 12.0 Å². The van der Waals surface area contributed by atoms with Crippen LogP contribution in [0.1, 0.15) is 46.5 Å². The van der Waals surface area contributed by atoms with Crippen LogP contribution in [0.5, 0.6) is 0 Å².